The molecule has 1 aliphatic rings. The number of carbonyl (C=O) groups excluding carboxylic acids is 3. The van der Waals surface area contributed by atoms with Crippen LogP contribution >= 0.6 is 11.6 Å². The molecule has 0 spiro atoms. The first-order valence-corrected chi connectivity index (χ1v) is 14.2. The Bertz CT molecular complexity index is 1140. The zero-order valence-corrected chi connectivity index (χ0v) is 26.5. The van der Waals surface area contributed by atoms with Crippen LogP contribution in [0.4, 0.5) is 4.79 Å². The van der Waals surface area contributed by atoms with Gasteiger partial charge in [0.25, 0.3) is 0 Å². The second-order valence-electron chi connectivity index (χ2n) is 11.1. The van der Waals surface area contributed by atoms with E-state index in [2.05, 4.69) is 17.2 Å². The third-order valence-electron chi connectivity index (χ3n) is 6.24. The molecule has 0 aromatic heterocycles. The second kappa shape index (κ2) is 18.0. The van der Waals surface area contributed by atoms with Crippen molar-refractivity contribution in [2.24, 2.45) is 17.1 Å². The summed E-state index contributed by atoms with van der Waals surface area (Å²) in [6.45, 7) is 15.6. The fraction of sp³-hybridized carbons (Fsp3) is 0.469. The number of primary amides is 1. The maximum atomic E-state index is 13.0. The number of nitrogens with two attached hydrogens (primary N) is 1. The van der Waals surface area contributed by atoms with Crippen molar-refractivity contribution < 1.29 is 28.6 Å². The van der Waals surface area contributed by atoms with Crippen molar-refractivity contribution in [3.63, 3.8) is 0 Å². The molecule has 2 amide bonds. The van der Waals surface area contributed by atoms with E-state index in [4.69, 9.17) is 31.5 Å². The number of ether oxygens (including phenoxy) is 3. The van der Waals surface area contributed by atoms with Gasteiger partial charge < -0.3 is 30.6 Å². The smallest absolute Gasteiger partial charge is 0.404 e. The Morgan fingerprint density at radius 3 is 2.48 bits per heavy atom. The maximum Gasteiger partial charge on any atom is 0.404 e. The van der Waals surface area contributed by atoms with Crippen molar-refractivity contribution in [2.75, 3.05) is 7.11 Å². The third kappa shape index (κ3) is 14.3. The number of allylic oxidation sites excluding steroid dienone is 6. The van der Waals surface area contributed by atoms with Crippen molar-refractivity contribution >= 4 is 29.6 Å². The third-order valence-corrected chi connectivity index (χ3v) is 6.39. The molecule has 0 bridgehead atoms. The molecule has 0 saturated heterocycles. The number of carbonyl (C=O) groups is 3. The summed E-state index contributed by atoms with van der Waals surface area (Å²) in [5, 5.41) is 6.56. The van der Waals surface area contributed by atoms with Gasteiger partial charge in [0, 0.05) is 35.9 Å². The molecule has 4 N–H and O–H groups in total. The molecule has 4 atom stereocenters. The molecule has 10 heteroatoms. The number of amides is 2. The van der Waals surface area contributed by atoms with Crippen molar-refractivity contribution in [1.82, 2.24) is 10.6 Å². The number of hydrogen-bond donors (Lipinski definition) is 3. The minimum atomic E-state index is -0.872. The van der Waals surface area contributed by atoms with Crippen LogP contribution < -0.4 is 16.4 Å². The molecule has 0 aromatic carbocycles. The van der Waals surface area contributed by atoms with Gasteiger partial charge in [-0.1, -0.05) is 87.9 Å². The average molecular weight is 604 g/mol. The molecule has 0 fully saturated rings. The highest BCUT2D eigenvalue weighted by Crippen LogP contribution is 2.23. The van der Waals surface area contributed by atoms with Crippen molar-refractivity contribution in [2.45, 2.75) is 79.1 Å². The summed E-state index contributed by atoms with van der Waals surface area (Å²) < 4.78 is 15.6. The fourth-order valence-corrected chi connectivity index (χ4v) is 4.09. The van der Waals surface area contributed by atoms with E-state index >= 15 is 0 Å². The Labute approximate surface area is 255 Å². The first-order valence-electron chi connectivity index (χ1n) is 13.8. The van der Waals surface area contributed by atoms with Gasteiger partial charge in [0.2, 0.25) is 5.91 Å². The van der Waals surface area contributed by atoms with Gasteiger partial charge in [0.15, 0.2) is 5.76 Å². The minimum absolute atomic E-state index is 0.0298. The highest BCUT2D eigenvalue weighted by Gasteiger charge is 2.31. The Morgan fingerprint density at radius 2 is 1.90 bits per heavy atom. The van der Waals surface area contributed by atoms with Gasteiger partial charge in [-0.3, -0.25) is 4.79 Å². The van der Waals surface area contributed by atoms with Gasteiger partial charge in [-0.25, -0.2) is 9.59 Å². The summed E-state index contributed by atoms with van der Waals surface area (Å²) >= 11 is 5.86. The van der Waals surface area contributed by atoms with Gasteiger partial charge >= 0.3 is 12.1 Å². The van der Waals surface area contributed by atoms with Crippen LogP contribution in [0.2, 0.25) is 0 Å². The number of hydrogen-bond acceptors (Lipinski definition) is 7. The largest absolute Gasteiger partial charge is 0.490 e. The van der Waals surface area contributed by atoms with E-state index in [9.17, 15) is 14.4 Å². The normalized spacial score (nSPS) is 18.8. The van der Waals surface area contributed by atoms with Crippen LogP contribution in [0, 0.1) is 11.3 Å². The summed E-state index contributed by atoms with van der Waals surface area (Å²) in [5.74, 6) is -0.407. The Kier molecular flexibility index (Phi) is 15.5. The van der Waals surface area contributed by atoms with Gasteiger partial charge in [-0.2, -0.15) is 0 Å². The first-order chi connectivity index (χ1) is 19.6. The van der Waals surface area contributed by atoms with Gasteiger partial charge in [-0.15, -0.1) is 0 Å². The topological polar surface area (TPSA) is 129 Å². The molecular weight excluding hydrogens is 558 g/mol. The molecule has 0 aliphatic carbocycles. The lowest BCUT2D eigenvalue weighted by Gasteiger charge is -2.30. The number of esters is 1. The van der Waals surface area contributed by atoms with Crippen LogP contribution in [0.25, 0.3) is 0 Å². The molecule has 232 valence electrons. The number of methoxy groups -OCH3 is 1. The minimum Gasteiger partial charge on any atom is -0.490 e. The number of nitrogens with one attached hydrogen (secondary N) is 2. The Morgan fingerprint density at radius 1 is 1.24 bits per heavy atom. The van der Waals surface area contributed by atoms with Crippen LogP contribution in [-0.2, 0) is 23.8 Å². The van der Waals surface area contributed by atoms with Gasteiger partial charge in [-0.05, 0) is 37.6 Å². The van der Waals surface area contributed by atoms with E-state index in [1.807, 2.05) is 58.9 Å². The number of cyclic esters (lactones) is 1. The molecule has 1 unspecified atom stereocenters. The second-order valence-corrected chi connectivity index (χ2v) is 11.7. The van der Waals surface area contributed by atoms with Crippen LogP contribution in [0.15, 0.2) is 83.4 Å². The molecule has 0 aromatic rings. The highest BCUT2D eigenvalue weighted by atomic mass is 35.5. The lowest BCUT2D eigenvalue weighted by atomic mass is 9.86. The molecule has 42 heavy (non-hydrogen) atoms. The molecule has 0 saturated carbocycles. The van der Waals surface area contributed by atoms with Gasteiger partial charge in [0.1, 0.15) is 18.2 Å². The SMILES string of the molecule is C=C(\C=C/C=C\C(C)=C\[C@H](C)[C@@H]1CC=C(OC)C(=O)O1)NC(C(=O)N/C=C\C[C@H](C/C=C(\C)Cl)OC(N)=O)C(C)(C)C. The van der Waals surface area contributed by atoms with E-state index in [1.54, 1.807) is 31.2 Å². The van der Waals surface area contributed by atoms with Gasteiger partial charge in [0.05, 0.1) is 7.11 Å². The quantitative estimate of drug-likeness (QED) is 0.153. The zero-order valence-electron chi connectivity index (χ0n) is 25.7. The van der Waals surface area contributed by atoms with Crippen molar-refractivity contribution in [3.05, 3.63) is 83.4 Å². The fourth-order valence-electron chi connectivity index (χ4n) is 4.00. The molecule has 0 radical (unpaired) electrons. The molecular formula is C32H46ClN3O6. The highest BCUT2D eigenvalue weighted by molar-refractivity contribution is 6.29. The van der Waals surface area contributed by atoms with E-state index in [0.29, 0.717) is 30.0 Å². The number of rotatable bonds is 15. The molecule has 9 nitrogen and oxygen atoms in total. The summed E-state index contributed by atoms with van der Waals surface area (Å²) in [7, 11) is 1.45. The Balaban J connectivity index is 2.70. The predicted octanol–water partition coefficient (Wildman–Crippen LogP) is 6.06. The lowest BCUT2D eigenvalue weighted by molar-refractivity contribution is -0.151. The molecule has 1 aliphatic heterocycles. The standard InChI is InChI=1S/C32H46ClN3O6/c1-21(20-22(2)26-17-18-27(40-8)30(38)42-26)12-9-10-13-24(4)36-28(32(5,6)7)29(37)35-19-11-14-25(41-31(34)39)16-15-23(3)33/h9-13,15,18-20,22,25-26,28,36H,4,14,16-17H2,1-3,5-8H3,(H2,34,39)(H,35,37)/b12-9-,13-10-,19-11-,21-20+,23-15+/t22-,25+,26-,28?/m0/s1. The van der Waals surface area contributed by atoms with Crippen LogP contribution in [0.5, 0.6) is 0 Å². The zero-order chi connectivity index (χ0) is 31.9. The van der Waals surface area contributed by atoms with E-state index in [1.165, 1.54) is 13.3 Å². The average Bonchev–Trinajstić information content (AvgIpc) is 2.89. The van der Waals surface area contributed by atoms with E-state index < -0.39 is 29.6 Å². The van der Waals surface area contributed by atoms with Crippen LogP contribution in [-0.4, -0.2) is 43.3 Å². The summed E-state index contributed by atoms with van der Waals surface area (Å²) in [6, 6.07) is -0.573. The monoisotopic (exact) mass is 603 g/mol. The van der Waals surface area contributed by atoms with E-state index in [-0.39, 0.29) is 23.7 Å². The maximum absolute atomic E-state index is 13.0. The summed E-state index contributed by atoms with van der Waals surface area (Å²) in [5.41, 5.74) is 6.32. The summed E-state index contributed by atoms with van der Waals surface area (Å²) in [6.07, 6.45) is 16.0. The molecule has 1 rings (SSSR count). The lowest BCUT2D eigenvalue weighted by Crippen LogP contribution is -2.49. The van der Waals surface area contributed by atoms with Crippen LogP contribution in [0.1, 0.15) is 60.8 Å². The summed E-state index contributed by atoms with van der Waals surface area (Å²) in [4.78, 5) is 36.1. The Hall–Kier alpha value is -3.72. The first kappa shape index (κ1) is 36.3. The number of halogens is 1. The van der Waals surface area contributed by atoms with Crippen molar-refractivity contribution in [3.8, 4) is 0 Å². The van der Waals surface area contributed by atoms with Crippen molar-refractivity contribution in [1.29, 1.82) is 0 Å². The van der Waals surface area contributed by atoms with Crippen LogP contribution in [0.3, 0.4) is 0 Å². The van der Waals surface area contributed by atoms with E-state index in [0.717, 1.165) is 5.57 Å². The predicted molar refractivity (Wildman–Crippen MR) is 167 cm³/mol. The molecule has 1 heterocycles.